The molecular weight excluding hydrogens is 681 g/mol. The van der Waals surface area contributed by atoms with Gasteiger partial charge in [0, 0.05) is 74.3 Å². The normalized spacial score (nSPS) is 9.84. The Labute approximate surface area is 297 Å². The van der Waals surface area contributed by atoms with Gasteiger partial charge in [-0.05, 0) is 0 Å². The van der Waals surface area contributed by atoms with E-state index in [1.165, 1.54) is 0 Å². The molecule has 0 saturated carbocycles. The van der Waals surface area contributed by atoms with Gasteiger partial charge in [-0.2, -0.15) is 0 Å². The van der Waals surface area contributed by atoms with Crippen LogP contribution in [0.4, 0.5) is 0 Å². The van der Waals surface area contributed by atoms with Crippen LogP contribution >= 0.6 is 0 Å². The Kier molecular flexibility index (Phi) is 33.3. The maximum absolute atomic E-state index is 10.1. The Balaban J connectivity index is -0.0000000864. The van der Waals surface area contributed by atoms with Crippen LogP contribution in [0.1, 0.15) is 38.5 Å². The molecule has 0 atom stereocenters. The standard InChI is InChI=1S/3C6H8O7.Fe.3Mg/c3*7-3(8)1-6(13,5(11)12)2-4(9)10;;;;/h3*13H,1-2H2,(H,7,8)(H,9,10)(H,11,12);;;;/q;;;+3;3*+2/p-9. The van der Waals surface area contributed by atoms with Crippen LogP contribution < -0.4 is 46.0 Å². The summed E-state index contributed by atoms with van der Waals surface area (Å²) in [6.07, 6.45) is -8.15. The minimum absolute atomic E-state index is 0. The summed E-state index contributed by atoms with van der Waals surface area (Å²) in [4.78, 5) is 90.0. The molecule has 43 heavy (non-hydrogen) atoms. The van der Waals surface area contributed by atoms with Crippen LogP contribution in [0.25, 0.3) is 0 Å². The van der Waals surface area contributed by atoms with E-state index in [9.17, 15) is 89.1 Å². The molecule has 227 valence electrons. The van der Waals surface area contributed by atoms with Crippen molar-refractivity contribution in [2.75, 3.05) is 0 Å². The van der Waals surface area contributed by atoms with Crippen LogP contribution in [0.5, 0.6) is 0 Å². The first-order valence-corrected chi connectivity index (χ1v) is 9.34. The van der Waals surface area contributed by atoms with Gasteiger partial charge in [0.2, 0.25) is 0 Å². The van der Waals surface area contributed by atoms with Crippen LogP contribution in [0.3, 0.4) is 0 Å². The zero-order chi connectivity index (χ0) is 31.9. The van der Waals surface area contributed by atoms with E-state index in [-0.39, 0.29) is 86.2 Å². The van der Waals surface area contributed by atoms with Crippen LogP contribution in [0, 0.1) is 0 Å². The number of carboxylic acid groups (broad SMARTS) is 9. The molecule has 21 nitrogen and oxygen atoms in total. The van der Waals surface area contributed by atoms with Gasteiger partial charge in [0.25, 0.3) is 0 Å². The number of rotatable bonds is 15. The molecule has 0 rings (SSSR count). The van der Waals surface area contributed by atoms with Crippen LogP contribution in [-0.4, -0.2) is 155 Å². The molecule has 0 amide bonds. The first-order valence-electron chi connectivity index (χ1n) is 9.34. The third kappa shape index (κ3) is 27.2. The largest absolute Gasteiger partial charge is 3.00 e. The van der Waals surface area contributed by atoms with Crippen LogP contribution in [0.15, 0.2) is 0 Å². The van der Waals surface area contributed by atoms with Crippen molar-refractivity contribution in [1.82, 2.24) is 0 Å². The van der Waals surface area contributed by atoms with Gasteiger partial charge in [0.05, 0.1) is 17.9 Å². The van der Waals surface area contributed by atoms with Crippen molar-refractivity contribution in [3.8, 4) is 0 Å². The summed E-state index contributed by atoms with van der Waals surface area (Å²) in [6.45, 7) is 0. The van der Waals surface area contributed by atoms with Gasteiger partial charge in [-0.25, -0.2) is 0 Å². The molecule has 0 heterocycles. The Morgan fingerprint density at radius 1 is 0.349 bits per heavy atom. The van der Waals surface area contributed by atoms with E-state index < -0.39 is 109 Å². The maximum Gasteiger partial charge on any atom is 3.00 e. The predicted octanol–water partition coefficient (Wildman–Crippen LogP) is -16.9. The van der Waals surface area contributed by atoms with Crippen molar-refractivity contribution >= 4 is 123 Å². The van der Waals surface area contributed by atoms with Gasteiger partial charge in [-0.3, -0.25) is 0 Å². The molecule has 0 bridgehead atoms. The fourth-order valence-electron chi connectivity index (χ4n) is 2.05. The fraction of sp³-hybridized carbons (Fsp3) is 0.500. The molecular formula is C18H15FeMg3O21. The number of carbonyl (C=O) groups excluding carboxylic acids is 9. The molecule has 0 saturated heterocycles. The maximum atomic E-state index is 10.1. The smallest absolute Gasteiger partial charge is 0.550 e. The molecule has 0 aliphatic heterocycles. The van der Waals surface area contributed by atoms with Gasteiger partial charge in [0.1, 0.15) is 16.8 Å². The Morgan fingerprint density at radius 2 is 0.442 bits per heavy atom. The van der Waals surface area contributed by atoms with E-state index in [2.05, 4.69) is 0 Å². The van der Waals surface area contributed by atoms with E-state index >= 15 is 0 Å². The summed E-state index contributed by atoms with van der Waals surface area (Å²) in [6, 6.07) is 0. The van der Waals surface area contributed by atoms with Crippen LogP contribution in [-0.2, 0) is 60.2 Å². The second-order valence-electron chi connectivity index (χ2n) is 7.25. The molecule has 3 N–H and O–H groups in total. The molecule has 0 aromatic heterocycles. The Bertz CT molecular complexity index is 828. The minimum Gasteiger partial charge on any atom is -0.550 e. The number of aliphatic hydroxyl groups is 3. The van der Waals surface area contributed by atoms with Crippen LogP contribution in [0.2, 0.25) is 0 Å². The van der Waals surface area contributed by atoms with Gasteiger partial charge >= 0.3 is 86.2 Å². The first kappa shape index (κ1) is 56.7. The van der Waals surface area contributed by atoms with E-state index in [1.54, 1.807) is 0 Å². The molecule has 0 spiro atoms. The van der Waals surface area contributed by atoms with Gasteiger partial charge in [0.15, 0.2) is 0 Å². The number of carboxylic acids is 9. The first-order chi connectivity index (χ1) is 17.3. The van der Waals surface area contributed by atoms with E-state index in [0.717, 1.165) is 0 Å². The van der Waals surface area contributed by atoms with Gasteiger partial charge in [-0.15, -0.1) is 0 Å². The Hall–Kier alpha value is -2.07. The summed E-state index contributed by atoms with van der Waals surface area (Å²) in [5.41, 5.74) is -8.92. The molecule has 0 aliphatic carbocycles. The average Bonchev–Trinajstić information content (AvgIpc) is 2.64. The molecule has 0 aromatic rings. The summed E-state index contributed by atoms with van der Waals surface area (Å²) >= 11 is 0. The number of hydrogen-bond donors (Lipinski definition) is 3. The molecule has 25 heteroatoms. The second kappa shape index (κ2) is 25.3. The topological polar surface area (TPSA) is 422 Å². The molecule has 0 fully saturated rings. The number of aliphatic carboxylic acids is 9. The number of carbonyl (C=O) groups is 9. The van der Waals surface area contributed by atoms with Crippen molar-refractivity contribution in [2.45, 2.75) is 55.3 Å². The Morgan fingerprint density at radius 3 is 0.488 bits per heavy atom. The van der Waals surface area contributed by atoms with Crippen molar-refractivity contribution in [2.24, 2.45) is 0 Å². The third-order valence-corrected chi connectivity index (χ3v) is 3.76. The second-order valence-corrected chi connectivity index (χ2v) is 7.25. The van der Waals surface area contributed by atoms with Gasteiger partial charge in [-0.1, -0.05) is 0 Å². The summed E-state index contributed by atoms with van der Waals surface area (Å²) < 4.78 is 0. The zero-order valence-electron chi connectivity index (χ0n) is 21.4. The van der Waals surface area contributed by atoms with Crippen molar-refractivity contribution in [1.29, 1.82) is 0 Å². The van der Waals surface area contributed by atoms with Crippen molar-refractivity contribution in [3.05, 3.63) is 0 Å². The summed E-state index contributed by atoms with van der Waals surface area (Å²) in [5, 5.41) is 117. The molecule has 0 aliphatic rings. The summed E-state index contributed by atoms with van der Waals surface area (Å²) in [7, 11) is 0. The number of hydrogen-bond acceptors (Lipinski definition) is 21. The van der Waals surface area contributed by atoms with Gasteiger partial charge < -0.3 is 104 Å². The fourth-order valence-corrected chi connectivity index (χ4v) is 2.05. The van der Waals surface area contributed by atoms with E-state index in [4.69, 9.17) is 15.3 Å². The quantitative estimate of drug-likeness (QED) is 0.134. The predicted molar refractivity (Wildman–Crippen MR) is 105 cm³/mol. The molecule has 0 unspecified atom stereocenters. The third-order valence-electron chi connectivity index (χ3n) is 3.76. The summed E-state index contributed by atoms with van der Waals surface area (Å²) in [5.74, 6) is -18.0. The zero-order valence-corrected chi connectivity index (χ0v) is 26.8. The minimum atomic E-state index is -2.97. The SMILES string of the molecule is O=C([O-])CC(O)(CC(=O)[O-])C(=O)[O-].O=C([O-])CC(O)(CC(=O)[O-])C(=O)[O-].O=C([O-])CC(O)(CC(=O)[O-])C(=O)[O-].[Fe+3].[Mg+2].[Mg+2].[Mg+2]. The molecule has 0 aromatic carbocycles. The van der Waals surface area contributed by atoms with E-state index in [1.807, 2.05) is 0 Å². The average molecular weight is 696 g/mol. The monoisotopic (exact) mass is 695 g/mol. The van der Waals surface area contributed by atoms with E-state index in [0.29, 0.717) is 0 Å². The van der Waals surface area contributed by atoms with Crippen molar-refractivity contribution < 1.29 is 121 Å². The molecule has 1 radical (unpaired) electrons. The van der Waals surface area contributed by atoms with Crippen molar-refractivity contribution in [3.63, 3.8) is 0 Å².